The number of carbonyl (C=O) groups excluding carboxylic acids is 1. The molecule has 70 valence electrons. The molecule has 0 spiro atoms. The van der Waals surface area contributed by atoms with Gasteiger partial charge in [-0.2, -0.15) is 0 Å². The van der Waals surface area contributed by atoms with Crippen molar-refractivity contribution in [2.45, 2.75) is 4.93 Å². The fourth-order valence-electron chi connectivity index (χ4n) is 0.895. The highest BCUT2D eigenvalue weighted by molar-refractivity contribution is 7.82. The van der Waals surface area contributed by atoms with Crippen LogP contribution in [-0.4, -0.2) is 18.0 Å². The first-order valence-corrected chi connectivity index (χ1v) is 4.05. The molecule has 0 aromatic carbocycles. The van der Waals surface area contributed by atoms with Crippen molar-refractivity contribution in [3.8, 4) is 0 Å². The van der Waals surface area contributed by atoms with Crippen LogP contribution in [0.1, 0.15) is 5.69 Å². The molecule has 1 amide bonds. The number of rotatable bonds is 3. The Kier molecular flexibility index (Phi) is 2.90. The largest absolute Gasteiger partial charge is 0.366 e. The van der Waals surface area contributed by atoms with E-state index in [9.17, 15) is 4.79 Å². The molecule has 2 N–H and O–H groups in total. The average Bonchev–Trinajstić information content (AvgIpc) is 2.17. The minimum Gasteiger partial charge on any atom is -0.366 e. The number of methoxy groups -OCH3 is 1. The average molecular weight is 198 g/mol. The van der Waals surface area contributed by atoms with E-state index in [-0.39, 0.29) is 0 Å². The Bertz CT molecular complexity index is 304. The minimum atomic E-state index is -1.44. The quantitative estimate of drug-likeness (QED) is 0.542. The van der Waals surface area contributed by atoms with Crippen LogP contribution in [0, 0.1) is 0 Å². The predicted molar refractivity (Wildman–Crippen MR) is 51.1 cm³/mol. The maximum absolute atomic E-state index is 11.0. The third-order valence-corrected chi connectivity index (χ3v) is 2.27. The second-order valence-corrected chi connectivity index (χ2v) is 3.06. The van der Waals surface area contributed by atoms with Crippen molar-refractivity contribution < 1.29 is 9.53 Å². The fourth-order valence-corrected chi connectivity index (χ4v) is 1.03. The van der Waals surface area contributed by atoms with Crippen LogP contribution in [0.2, 0.25) is 0 Å². The highest BCUT2D eigenvalue weighted by atomic mass is 32.1. The molecular weight excluding hydrogens is 188 g/mol. The zero-order chi connectivity index (χ0) is 9.90. The van der Waals surface area contributed by atoms with Gasteiger partial charge in [-0.25, -0.2) is 0 Å². The van der Waals surface area contributed by atoms with Crippen molar-refractivity contribution >= 4 is 18.5 Å². The fraction of sp³-hybridized carbons (Fsp3) is 0.250. The molecule has 0 saturated heterocycles. The van der Waals surface area contributed by atoms with E-state index in [1.807, 2.05) is 0 Å². The molecule has 1 aromatic heterocycles. The number of thiol groups is 1. The monoisotopic (exact) mass is 198 g/mol. The number of aromatic nitrogens is 1. The second kappa shape index (κ2) is 3.76. The Morgan fingerprint density at radius 1 is 1.69 bits per heavy atom. The Labute approximate surface area is 81.5 Å². The summed E-state index contributed by atoms with van der Waals surface area (Å²) in [4.78, 5) is 13.5. The number of nitrogens with two attached hydrogens (primary N) is 1. The molecule has 1 unspecified atom stereocenters. The topological polar surface area (TPSA) is 65.2 Å². The van der Waals surface area contributed by atoms with E-state index < -0.39 is 10.8 Å². The number of carbonyl (C=O) groups is 1. The Morgan fingerprint density at radius 3 is 2.77 bits per heavy atom. The lowest BCUT2D eigenvalue weighted by Gasteiger charge is -2.21. The van der Waals surface area contributed by atoms with E-state index in [2.05, 4.69) is 17.6 Å². The third kappa shape index (κ3) is 1.81. The lowest BCUT2D eigenvalue weighted by Crippen LogP contribution is -2.38. The number of nitrogens with zero attached hydrogens (tertiary/aromatic N) is 1. The number of primary amides is 1. The Morgan fingerprint density at radius 2 is 2.38 bits per heavy atom. The Balaban J connectivity index is 3.11. The number of ether oxygens (including phenoxy) is 1. The smallest absolute Gasteiger partial charge is 0.266 e. The van der Waals surface area contributed by atoms with Crippen LogP contribution < -0.4 is 5.73 Å². The first-order valence-electron chi connectivity index (χ1n) is 3.60. The molecule has 5 heteroatoms. The molecule has 0 aliphatic heterocycles. The van der Waals surface area contributed by atoms with E-state index >= 15 is 0 Å². The molecule has 4 nitrogen and oxygen atoms in total. The van der Waals surface area contributed by atoms with Gasteiger partial charge in [0.15, 0.2) is 0 Å². The molecule has 1 rings (SSSR count). The maximum atomic E-state index is 11.0. The summed E-state index contributed by atoms with van der Waals surface area (Å²) in [5, 5.41) is 0. The lowest BCUT2D eigenvalue weighted by atomic mass is 10.2. The van der Waals surface area contributed by atoms with Crippen LogP contribution >= 0.6 is 12.6 Å². The van der Waals surface area contributed by atoms with E-state index in [1.54, 1.807) is 24.4 Å². The molecule has 0 fully saturated rings. The second-order valence-electron chi connectivity index (χ2n) is 2.43. The van der Waals surface area contributed by atoms with Gasteiger partial charge in [0, 0.05) is 13.3 Å². The predicted octanol–water partition coefficient (Wildman–Crippen LogP) is 0.296. The molecular formula is C8H10N2O2S. The summed E-state index contributed by atoms with van der Waals surface area (Å²) in [5.41, 5.74) is 5.52. The molecule has 0 aliphatic rings. The standard InChI is InChI=1S/C8H10N2O2S/c1-12-8(13,7(9)11)6-4-2-3-5-10-6/h2-5,13H,1H3,(H2,9,11). The van der Waals surface area contributed by atoms with E-state index in [0.717, 1.165) is 0 Å². The number of hydrogen-bond donors (Lipinski definition) is 2. The van der Waals surface area contributed by atoms with Gasteiger partial charge in [-0.15, -0.1) is 12.6 Å². The summed E-state index contributed by atoms with van der Waals surface area (Å²) in [6.45, 7) is 0. The summed E-state index contributed by atoms with van der Waals surface area (Å²) in [5.74, 6) is -0.683. The van der Waals surface area contributed by atoms with Crippen LogP contribution in [0.3, 0.4) is 0 Å². The SMILES string of the molecule is COC(S)(C(N)=O)c1ccccn1. The molecule has 13 heavy (non-hydrogen) atoms. The molecule has 1 aromatic rings. The van der Waals surface area contributed by atoms with Crippen LogP contribution in [0.5, 0.6) is 0 Å². The number of hydrogen-bond acceptors (Lipinski definition) is 4. The van der Waals surface area contributed by atoms with Gasteiger partial charge in [-0.1, -0.05) is 6.07 Å². The van der Waals surface area contributed by atoms with Crippen molar-refractivity contribution in [1.82, 2.24) is 4.98 Å². The van der Waals surface area contributed by atoms with E-state index in [4.69, 9.17) is 10.5 Å². The van der Waals surface area contributed by atoms with Crippen molar-refractivity contribution in [3.05, 3.63) is 30.1 Å². The number of pyridine rings is 1. The van der Waals surface area contributed by atoms with Crippen molar-refractivity contribution in [2.24, 2.45) is 5.73 Å². The lowest BCUT2D eigenvalue weighted by molar-refractivity contribution is -0.131. The van der Waals surface area contributed by atoms with Crippen LogP contribution in [-0.2, 0) is 14.5 Å². The highest BCUT2D eigenvalue weighted by Gasteiger charge is 2.35. The van der Waals surface area contributed by atoms with Gasteiger partial charge in [-0.05, 0) is 12.1 Å². The first kappa shape index (κ1) is 10.0. The summed E-state index contributed by atoms with van der Waals surface area (Å²) in [6.07, 6.45) is 1.54. The van der Waals surface area contributed by atoms with Crippen LogP contribution in [0.15, 0.2) is 24.4 Å². The maximum Gasteiger partial charge on any atom is 0.266 e. The van der Waals surface area contributed by atoms with Gasteiger partial charge in [0.25, 0.3) is 5.91 Å². The summed E-state index contributed by atoms with van der Waals surface area (Å²) in [6, 6.07) is 5.09. The van der Waals surface area contributed by atoms with E-state index in [1.165, 1.54) is 7.11 Å². The molecule has 0 saturated carbocycles. The zero-order valence-electron chi connectivity index (χ0n) is 7.10. The number of amides is 1. The van der Waals surface area contributed by atoms with Crippen molar-refractivity contribution in [1.29, 1.82) is 0 Å². The van der Waals surface area contributed by atoms with Gasteiger partial charge in [0.05, 0.1) is 5.69 Å². The molecule has 0 radical (unpaired) electrons. The summed E-state index contributed by atoms with van der Waals surface area (Å²) >= 11 is 4.04. The van der Waals surface area contributed by atoms with Crippen molar-refractivity contribution in [3.63, 3.8) is 0 Å². The van der Waals surface area contributed by atoms with Gasteiger partial charge < -0.3 is 10.5 Å². The van der Waals surface area contributed by atoms with Gasteiger partial charge >= 0.3 is 0 Å². The van der Waals surface area contributed by atoms with Gasteiger partial charge in [0.1, 0.15) is 0 Å². The van der Waals surface area contributed by atoms with Crippen LogP contribution in [0.25, 0.3) is 0 Å². The minimum absolute atomic E-state index is 0.383. The normalized spacial score (nSPS) is 14.9. The summed E-state index contributed by atoms with van der Waals surface area (Å²) < 4.78 is 4.91. The molecule has 1 atom stereocenters. The van der Waals surface area contributed by atoms with Crippen molar-refractivity contribution in [2.75, 3.05) is 7.11 Å². The first-order chi connectivity index (χ1) is 6.11. The zero-order valence-corrected chi connectivity index (χ0v) is 7.99. The van der Waals surface area contributed by atoms with Crippen LogP contribution in [0.4, 0.5) is 0 Å². The molecule has 0 bridgehead atoms. The molecule has 1 heterocycles. The van der Waals surface area contributed by atoms with E-state index in [0.29, 0.717) is 5.69 Å². The highest BCUT2D eigenvalue weighted by Crippen LogP contribution is 2.26. The molecule has 0 aliphatic carbocycles. The summed E-state index contributed by atoms with van der Waals surface area (Å²) in [7, 11) is 1.35. The third-order valence-electron chi connectivity index (χ3n) is 1.64. The van der Waals surface area contributed by atoms with Gasteiger partial charge in [0.2, 0.25) is 4.93 Å². The Hall–Kier alpha value is -1.07. The van der Waals surface area contributed by atoms with Gasteiger partial charge in [-0.3, -0.25) is 9.78 Å².